The fraction of sp³-hybridized carbons (Fsp3) is 0.667. The largest absolute Gasteiger partial charge is 0.281 e. The Balaban J connectivity index is 4.00. The van der Waals surface area contributed by atoms with E-state index < -0.39 is 0 Å². The maximum atomic E-state index is 10.7. The summed E-state index contributed by atoms with van der Waals surface area (Å²) in [6, 6.07) is 0. The highest BCUT2D eigenvalue weighted by atomic mass is 16.3. The van der Waals surface area contributed by atoms with E-state index >= 15 is 0 Å². The summed E-state index contributed by atoms with van der Waals surface area (Å²) < 4.78 is 0. The van der Waals surface area contributed by atoms with Crippen molar-refractivity contribution in [3.8, 4) is 0 Å². The van der Waals surface area contributed by atoms with Gasteiger partial charge < -0.3 is 0 Å². The number of carbonyl (C=O) groups excluding carboxylic acids is 2. The van der Waals surface area contributed by atoms with Gasteiger partial charge in [-0.3, -0.25) is 14.5 Å². The van der Waals surface area contributed by atoms with Gasteiger partial charge in [0.2, 0.25) is 11.8 Å². The van der Waals surface area contributed by atoms with Crippen molar-refractivity contribution < 1.29 is 9.59 Å². The van der Waals surface area contributed by atoms with Crippen molar-refractivity contribution in [3.05, 3.63) is 4.91 Å². The van der Waals surface area contributed by atoms with Crippen LogP contribution in [0.2, 0.25) is 0 Å². The number of hydrogen-bond donors (Lipinski definition) is 0. The van der Waals surface area contributed by atoms with Crippen molar-refractivity contribution in [3.63, 3.8) is 0 Å². The quantitative estimate of drug-likeness (QED) is 0.549. The summed E-state index contributed by atoms with van der Waals surface area (Å²) in [4.78, 5) is 31.9. The molecule has 0 aliphatic carbocycles. The first-order valence-corrected chi connectivity index (χ1v) is 3.17. The van der Waals surface area contributed by atoms with Crippen LogP contribution in [0.25, 0.3) is 0 Å². The molecule has 5 heteroatoms. The van der Waals surface area contributed by atoms with E-state index in [0.717, 1.165) is 4.90 Å². The zero-order valence-corrected chi connectivity index (χ0v) is 6.53. The average Bonchev–Trinajstić information content (AvgIpc) is 1.87. The molecular formula is C6H10N2O3. The summed E-state index contributed by atoms with van der Waals surface area (Å²) >= 11 is 0. The molecule has 0 N–H and O–H groups in total. The van der Waals surface area contributed by atoms with Gasteiger partial charge in [-0.05, 0) is 0 Å². The summed E-state index contributed by atoms with van der Waals surface area (Å²) in [5, 5.41) is 2.54. The molecular weight excluding hydrogens is 148 g/mol. The van der Waals surface area contributed by atoms with Crippen LogP contribution in [0.15, 0.2) is 5.18 Å². The maximum Gasteiger partial charge on any atom is 0.226 e. The van der Waals surface area contributed by atoms with Gasteiger partial charge in [-0.25, -0.2) is 0 Å². The monoisotopic (exact) mass is 158 g/mol. The highest BCUT2D eigenvalue weighted by Crippen LogP contribution is 1.90. The van der Waals surface area contributed by atoms with Crippen molar-refractivity contribution in [2.45, 2.75) is 13.8 Å². The Kier molecular flexibility index (Phi) is 4.02. The molecule has 0 aromatic heterocycles. The molecule has 0 unspecified atom stereocenters. The van der Waals surface area contributed by atoms with Crippen LogP contribution in [0.5, 0.6) is 0 Å². The third-order valence-electron chi connectivity index (χ3n) is 1.18. The van der Waals surface area contributed by atoms with Gasteiger partial charge in [0.25, 0.3) is 0 Å². The van der Waals surface area contributed by atoms with Gasteiger partial charge >= 0.3 is 0 Å². The molecule has 0 bridgehead atoms. The fourth-order valence-corrected chi connectivity index (χ4v) is 0.677. The Morgan fingerprint density at radius 3 is 2.00 bits per heavy atom. The van der Waals surface area contributed by atoms with Crippen LogP contribution in [-0.4, -0.2) is 29.8 Å². The van der Waals surface area contributed by atoms with Gasteiger partial charge in [0.1, 0.15) is 0 Å². The van der Waals surface area contributed by atoms with Crippen molar-refractivity contribution in [2.24, 2.45) is 5.18 Å². The lowest BCUT2D eigenvalue weighted by Gasteiger charge is -2.14. The molecule has 0 aromatic rings. The Labute approximate surface area is 64.3 Å². The summed E-state index contributed by atoms with van der Waals surface area (Å²) in [5.74, 6) is -0.720. The number of carbonyl (C=O) groups is 2. The van der Waals surface area contributed by atoms with E-state index in [1.807, 2.05) is 0 Å². The standard InChI is InChI=1S/C6H10N2O3/c1-5(9)8(6(2)10)4-3-7-11/h3-4H2,1-2H3. The Morgan fingerprint density at radius 1 is 1.27 bits per heavy atom. The minimum Gasteiger partial charge on any atom is -0.281 e. The molecule has 2 amide bonds. The maximum absolute atomic E-state index is 10.7. The number of rotatable bonds is 3. The van der Waals surface area contributed by atoms with Crippen molar-refractivity contribution in [1.29, 1.82) is 0 Å². The summed E-state index contributed by atoms with van der Waals surface area (Å²) in [6.07, 6.45) is 0. The molecule has 0 aliphatic heterocycles. The molecule has 0 spiro atoms. The Hall–Kier alpha value is -1.26. The average molecular weight is 158 g/mol. The van der Waals surface area contributed by atoms with E-state index in [0.29, 0.717) is 0 Å². The number of imide groups is 1. The second kappa shape index (κ2) is 4.54. The molecule has 0 radical (unpaired) electrons. The molecule has 0 saturated heterocycles. The first-order valence-electron chi connectivity index (χ1n) is 3.17. The lowest BCUT2D eigenvalue weighted by atomic mass is 10.4. The molecule has 0 aromatic carbocycles. The predicted octanol–water partition coefficient (Wildman–Crippen LogP) is 0.148. The lowest BCUT2D eigenvalue weighted by molar-refractivity contribution is -0.141. The van der Waals surface area contributed by atoms with Crippen LogP contribution >= 0.6 is 0 Å². The van der Waals surface area contributed by atoms with Gasteiger partial charge in [-0.15, -0.1) is 0 Å². The van der Waals surface area contributed by atoms with Gasteiger partial charge in [0, 0.05) is 13.8 Å². The SMILES string of the molecule is CC(=O)N(CCN=O)C(C)=O. The molecule has 0 aliphatic rings. The molecule has 62 valence electrons. The smallest absolute Gasteiger partial charge is 0.226 e. The van der Waals surface area contributed by atoms with E-state index in [1.54, 1.807) is 0 Å². The van der Waals surface area contributed by atoms with Crippen molar-refractivity contribution in [2.75, 3.05) is 13.1 Å². The number of amides is 2. The van der Waals surface area contributed by atoms with Gasteiger partial charge in [-0.2, -0.15) is 4.91 Å². The molecule has 11 heavy (non-hydrogen) atoms. The number of hydrogen-bond acceptors (Lipinski definition) is 4. The topological polar surface area (TPSA) is 66.8 Å². The molecule has 5 nitrogen and oxygen atoms in total. The highest BCUT2D eigenvalue weighted by Gasteiger charge is 2.11. The van der Waals surface area contributed by atoms with E-state index in [-0.39, 0.29) is 24.9 Å². The number of nitroso groups, excluding NO2 is 1. The molecule has 0 heterocycles. The van der Waals surface area contributed by atoms with Gasteiger partial charge in [0.15, 0.2) is 0 Å². The van der Waals surface area contributed by atoms with Crippen LogP contribution in [0, 0.1) is 4.91 Å². The molecule has 0 saturated carbocycles. The van der Waals surface area contributed by atoms with Crippen LogP contribution < -0.4 is 0 Å². The van der Waals surface area contributed by atoms with E-state index in [9.17, 15) is 14.5 Å². The van der Waals surface area contributed by atoms with Crippen LogP contribution in [0.4, 0.5) is 0 Å². The summed E-state index contributed by atoms with van der Waals surface area (Å²) in [6.45, 7) is 2.58. The van der Waals surface area contributed by atoms with E-state index in [2.05, 4.69) is 5.18 Å². The second-order valence-corrected chi connectivity index (χ2v) is 2.04. The van der Waals surface area contributed by atoms with Gasteiger partial charge in [0.05, 0.1) is 13.1 Å². The fourth-order valence-electron chi connectivity index (χ4n) is 0.677. The summed E-state index contributed by atoms with van der Waals surface area (Å²) in [7, 11) is 0. The highest BCUT2D eigenvalue weighted by molar-refractivity contribution is 5.92. The first-order chi connectivity index (χ1) is 5.09. The Morgan fingerprint density at radius 2 is 1.73 bits per heavy atom. The van der Waals surface area contributed by atoms with Crippen LogP contribution in [0.3, 0.4) is 0 Å². The van der Waals surface area contributed by atoms with Crippen LogP contribution in [0.1, 0.15) is 13.8 Å². The normalized spacial score (nSPS) is 8.91. The minimum absolute atomic E-state index is 0.0425. The minimum atomic E-state index is -0.360. The zero-order valence-electron chi connectivity index (χ0n) is 6.53. The summed E-state index contributed by atoms with van der Waals surface area (Å²) in [5.41, 5.74) is 0. The molecule has 0 atom stereocenters. The van der Waals surface area contributed by atoms with Gasteiger partial charge in [-0.1, -0.05) is 5.18 Å². The second-order valence-electron chi connectivity index (χ2n) is 2.04. The van der Waals surface area contributed by atoms with Crippen molar-refractivity contribution >= 4 is 11.8 Å². The third-order valence-corrected chi connectivity index (χ3v) is 1.18. The Bertz CT molecular complexity index is 165. The predicted molar refractivity (Wildman–Crippen MR) is 38.7 cm³/mol. The van der Waals surface area contributed by atoms with Crippen LogP contribution in [-0.2, 0) is 9.59 Å². The third kappa shape index (κ3) is 3.44. The lowest BCUT2D eigenvalue weighted by Crippen LogP contribution is -2.35. The number of nitrogens with zero attached hydrogens (tertiary/aromatic N) is 2. The zero-order chi connectivity index (χ0) is 8.85. The molecule has 0 fully saturated rings. The van der Waals surface area contributed by atoms with E-state index in [1.165, 1.54) is 13.8 Å². The first kappa shape index (κ1) is 9.74. The molecule has 0 rings (SSSR count). The van der Waals surface area contributed by atoms with Crippen molar-refractivity contribution in [1.82, 2.24) is 4.90 Å². The van der Waals surface area contributed by atoms with E-state index in [4.69, 9.17) is 0 Å².